The van der Waals surface area contributed by atoms with Crippen LogP contribution in [0.1, 0.15) is 49.5 Å². The van der Waals surface area contributed by atoms with Gasteiger partial charge in [0.1, 0.15) is 5.75 Å². The zero-order valence-electron chi connectivity index (χ0n) is 15.0. The molecule has 2 rings (SSSR count). The van der Waals surface area contributed by atoms with Gasteiger partial charge in [-0.25, -0.2) is 0 Å². The molecule has 0 amide bonds. The van der Waals surface area contributed by atoms with Gasteiger partial charge >= 0.3 is 0 Å². The van der Waals surface area contributed by atoms with Crippen LogP contribution in [0.4, 0.5) is 0 Å². The Morgan fingerprint density at radius 2 is 1.78 bits per heavy atom. The number of likely N-dealkylation sites (N-methyl/N-ethyl adjacent to an activating group) is 1. The highest BCUT2D eigenvalue weighted by atomic mass is 16.5. The number of carbonyl (C=O) groups excluding carboxylic acids is 1. The lowest BCUT2D eigenvalue weighted by Crippen LogP contribution is -2.47. The van der Waals surface area contributed by atoms with Crippen LogP contribution in [0.5, 0.6) is 5.75 Å². The van der Waals surface area contributed by atoms with E-state index in [1.54, 1.807) is 0 Å². The van der Waals surface area contributed by atoms with Crippen LogP contribution in [0.15, 0.2) is 18.2 Å². The molecule has 4 heteroatoms. The molecular weight excluding hydrogens is 288 g/mol. The Bertz CT molecular complexity index is 520. The van der Waals surface area contributed by atoms with E-state index in [1.807, 2.05) is 19.1 Å². The zero-order chi connectivity index (χ0) is 16.8. The lowest BCUT2D eigenvalue weighted by molar-refractivity contribution is 0.0855. The van der Waals surface area contributed by atoms with E-state index in [9.17, 15) is 4.79 Å². The monoisotopic (exact) mass is 318 g/mol. The van der Waals surface area contributed by atoms with E-state index in [1.165, 1.54) is 5.56 Å². The summed E-state index contributed by atoms with van der Waals surface area (Å²) in [6.07, 6.45) is 0. The van der Waals surface area contributed by atoms with Crippen molar-refractivity contribution in [2.45, 2.75) is 33.6 Å². The first-order valence-corrected chi connectivity index (χ1v) is 8.79. The third-order valence-electron chi connectivity index (χ3n) is 4.55. The van der Waals surface area contributed by atoms with E-state index in [4.69, 9.17) is 4.74 Å². The second-order valence-corrected chi connectivity index (χ2v) is 6.48. The third-order valence-corrected chi connectivity index (χ3v) is 4.55. The average molecular weight is 318 g/mol. The predicted octanol–water partition coefficient (Wildman–Crippen LogP) is 3.03. The number of Topliss-reactive ketones (excluding diaryl/α,β-unsaturated/α-hetero) is 1. The van der Waals surface area contributed by atoms with Crippen LogP contribution in [-0.2, 0) is 0 Å². The molecule has 0 saturated carbocycles. The summed E-state index contributed by atoms with van der Waals surface area (Å²) in [6.45, 7) is 14.6. The quantitative estimate of drug-likeness (QED) is 0.724. The topological polar surface area (TPSA) is 32.8 Å². The SMILES string of the molecule is CCOc1ccc(C(C)C)cc1C(=O)CN1CCN(CC)CC1. The molecule has 1 fully saturated rings. The molecule has 0 aromatic heterocycles. The van der Waals surface area contributed by atoms with Gasteiger partial charge in [-0.3, -0.25) is 9.69 Å². The van der Waals surface area contributed by atoms with E-state index >= 15 is 0 Å². The molecule has 1 aromatic carbocycles. The fourth-order valence-electron chi connectivity index (χ4n) is 2.96. The summed E-state index contributed by atoms with van der Waals surface area (Å²) in [5.41, 5.74) is 1.92. The predicted molar refractivity (Wildman–Crippen MR) is 94.6 cm³/mol. The maximum absolute atomic E-state index is 12.8. The molecule has 1 aliphatic heterocycles. The molecule has 0 N–H and O–H groups in total. The first kappa shape index (κ1) is 18.0. The van der Waals surface area contributed by atoms with Crippen LogP contribution in [-0.4, -0.2) is 61.5 Å². The number of ketones is 1. The van der Waals surface area contributed by atoms with Crippen molar-refractivity contribution in [1.82, 2.24) is 9.80 Å². The summed E-state index contributed by atoms with van der Waals surface area (Å²) in [5, 5.41) is 0. The van der Waals surface area contributed by atoms with Crippen LogP contribution in [0, 0.1) is 0 Å². The Morgan fingerprint density at radius 1 is 1.13 bits per heavy atom. The molecule has 0 radical (unpaired) electrons. The highest BCUT2D eigenvalue weighted by Gasteiger charge is 2.21. The summed E-state index contributed by atoms with van der Waals surface area (Å²) < 4.78 is 5.67. The second kappa shape index (κ2) is 8.46. The van der Waals surface area contributed by atoms with Crippen LogP contribution < -0.4 is 4.74 Å². The van der Waals surface area contributed by atoms with Gasteiger partial charge in [0.05, 0.1) is 18.7 Å². The van der Waals surface area contributed by atoms with Gasteiger partial charge in [0.25, 0.3) is 0 Å². The number of nitrogens with zero attached hydrogens (tertiary/aromatic N) is 2. The first-order valence-electron chi connectivity index (χ1n) is 8.79. The van der Waals surface area contributed by atoms with Crippen molar-refractivity contribution in [2.75, 3.05) is 45.9 Å². The van der Waals surface area contributed by atoms with Crippen LogP contribution in [0.3, 0.4) is 0 Å². The normalized spacial score (nSPS) is 16.7. The average Bonchev–Trinajstić information content (AvgIpc) is 2.56. The number of benzene rings is 1. The summed E-state index contributed by atoms with van der Waals surface area (Å²) in [4.78, 5) is 17.5. The molecule has 0 bridgehead atoms. The van der Waals surface area contributed by atoms with Crippen molar-refractivity contribution in [3.05, 3.63) is 29.3 Å². The molecule has 4 nitrogen and oxygen atoms in total. The zero-order valence-corrected chi connectivity index (χ0v) is 15.0. The Labute approximate surface area is 140 Å². The second-order valence-electron chi connectivity index (χ2n) is 6.48. The van der Waals surface area contributed by atoms with Gasteiger partial charge in [0.2, 0.25) is 0 Å². The van der Waals surface area contributed by atoms with Gasteiger partial charge in [-0.05, 0) is 37.1 Å². The Balaban J connectivity index is 2.09. The van der Waals surface area contributed by atoms with Crippen molar-refractivity contribution in [3.63, 3.8) is 0 Å². The van der Waals surface area contributed by atoms with Crippen molar-refractivity contribution in [2.24, 2.45) is 0 Å². The molecule has 0 unspecified atom stereocenters. The van der Waals surface area contributed by atoms with Gasteiger partial charge < -0.3 is 9.64 Å². The lowest BCUT2D eigenvalue weighted by Gasteiger charge is -2.33. The minimum Gasteiger partial charge on any atom is -0.493 e. The van der Waals surface area contributed by atoms with Crippen LogP contribution in [0.2, 0.25) is 0 Å². The van der Waals surface area contributed by atoms with E-state index < -0.39 is 0 Å². The van der Waals surface area contributed by atoms with Crippen LogP contribution >= 0.6 is 0 Å². The smallest absolute Gasteiger partial charge is 0.180 e. The van der Waals surface area contributed by atoms with Gasteiger partial charge in [-0.2, -0.15) is 0 Å². The summed E-state index contributed by atoms with van der Waals surface area (Å²) in [6, 6.07) is 6.02. The van der Waals surface area contributed by atoms with Gasteiger partial charge in [-0.1, -0.05) is 26.8 Å². The van der Waals surface area contributed by atoms with Crippen molar-refractivity contribution in [3.8, 4) is 5.75 Å². The molecule has 1 saturated heterocycles. The largest absolute Gasteiger partial charge is 0.493 e. The van der Waals surface area contributed by atoms with E-state index in [0.717, 1.165) is 38.3 Å². The molecule has 0 atom stereocenters. The number of carbonyl (C=O) groups is 1. The van der Waals surface area contributed by atoms with Crippen molar-refractivity contribution < 1.29 is 9.53 Å². The Hall–Kier alpha value is -1.39. The molecule has 0 spiro atoms. The lowest BCUT2D eigenvalue weighted by atomic mass is 9.98. The number of rotatable bonds is 7. The van der Waals surface area contributed by atoms with E-state index in [2.05, 4.69) is 36.6 Å². The maximum Gasteiger partial charge on any atom is 0.180 e. The minimum absolute atomic E-state index is 0.167. The summed E-state index contributed by atoms with van der Waals surface area (Å²) >= 11 is 0. The van der Waals surface area contributed by atoms with E-state index in [0.29, 0.717) is 24.8 Å². The van der Waals surface area contributed by atoms with Gasteiger partial charge in [0.15, 0.2) is 5.78 Å². The Kier molecular flexibility index (Phi) is 6.60. The maximum atomic E-state index is 12.8. The fourth-order valence-corrected chi connectivity index (χ4v) is 2.96. The fraction of sp³-hybridized carbons (Fsp3) is 0.632. The summed E-state index contributed by atoms with van der Waals surface area (Å²) in [7, 11) is 0. The molecule has 23 heavy (non-hydrogen) atoms. The highest BCUT2D eigenvalue weighted by molar-refractivity contribution is 6.00. The molecule has 1 aliphatic rings. The van der Waals surface area contributed by atoms with E-state index in [-0.39, 0.29) is 5.78 Å². The van der Waals surface area contributed by atoms with Gasteiger partial charge in [-0.15, -0.1) is 0 Å². The number of hydrogen-bond acceptors (Lipinski definition) is 4. The number of piperazine rings is 1. The molecule has 1 aromatic rings. The van der Waals surface area contributed by atoms with Crippen LogP contribution in [0.25, 0.3) is 0 Å². The van der Waals surface area contributed by atoms with Crippen molar-refractivity contribution >= 4 is 5.78 Å². The third kappa shape index (κ3) is 4.79. The first-order chi connectivity index (χ1) is 11.0. The minimum atomic E-state index is 0.167. The molecule has 0 aliphatic carbocycles. The Morgan fingerprint density at radius 3 is 2.35 bits per heavy atom. The number of ether oxygens (including phenoxy) is 1. The molecule has 1 heterocycles. The van der Waals surface area contributed by atoms with Crippen molar-refractivity contribution in [1.29, 1.82) is 0 Å². The van der Waals surface area contributed by atoms with Gasteiger partial charge in [0, 0.05) is 26.2 Å². The standard InChI is InChI=1S/C19H30N2O2/c1-5-20-9-11-21(12-10-20)14-18(22)17-13-16(15(3)4)7-8-19(17)23-6-2/h7-8,13,15H,5-6,9-12,14H2,1-4H3. The molecule has 128 valence electrons. The number of hydrogen-bond donors (Lipinski definition) is 0. The molecular formula is C19H30N2O2. The highest BCUT2D eigenvalue weighted by Crippen LogP contribution is 2.25. The summed E-state index contributed by atoms with van der Waals surface area (Å²) in [5.74, 6) is 1.29.